The molecule has 1 aliphatic carbocycles. The van der Waals surface area contributed by atoms with Gasteiger partial charge in [0.2, 0.25) is 0 Å². The van der Waals surface area contributed by atoms with Gasteiger partial charge in [-0.15, -0.1) is 0 Å². The van der Waals surface area contributed by atoms with Gasteiger partial charge in [0.05, 0.1) is 0 Å². The standard InChI is InChI=1S/C16H24F2N2/c1-11-2-4-12(5-3-11)8-9-20-15-7-6-13(19)10-14(15)16(17)18/h6-7,10-12,16,20H,2-5,8-9,19H2,1H3. The molecule has 20 heavy (non-hydrogen) atoms. The first-order chi connectivity index (χ1) is 9.56. The second-order valence-corrected chi connectivity index (χ2v) is 5.99. The Morgan fingerprint density at radius 3 is 2.60 bits per heavy atom. The topological polar surface area (TPSA) is 38.0 Å². The summed E-state index contributed by atoms with van der Waals surface area (Å²) in [4.78, 5) is 0. The molecular formula is C16H24F2N2. The van der Waals surface area contributed by atoms with E-state index in [2.05, 4.69) is 12.2 Å². The van der Waals surface area contributed by atoms with Crippen molar-refractivity contribution >= 4 is 11.4 Å². The van der Waals surface area contributed by atoms with Crippen LogP contribution in [0.25, 0.3) is 0 Å². The first-order valence-electron chi connectivity index (χ1n) is 7.47. The van der Waals surface area contributed by atoms with Crippen molar-refractivity contribution in [3.63, 3.8) is 0 Å². The molecule has 1 aromatic rings. The van der Waals surface area contributed by atoms with E-state index in [1.165, 1.54) is 31.7 Å². The fourth-order valence-corrected chi connectivity index (χ4v) is 2.95. The summed E-state index contributed by atoms with van der Waals surface area (Å²) < 4.78 is 25.9. The number of anilines is 2. The van der Waals surface area contributed by atoms with Crippen LogP contribution in [0, 0.1) is 11.8 Å². The van der Waals surface area contributed by atoms with Gasteiger partial charge in [0.1, 0.15) is 0 Å². The molecular weight excluding hydrogens is 258 g/mol. The zero-order chi connectivity index (χ0) is 14.5. The molecule has 0 saturated heterocycles. The maximum absolute atomic E-state index is 12.9. The minimum absolute atomic E-state index is 0.00210. The molecule has 3 N–H and O–H groups in total. The second kappa shape index (κ2) is 6.91. The van der Waals surface area contributed by atoms with E-state index in [0.717, 1.165) is 24.8 Å². The lowest BCUT2D eigenvalue weighted by molar-refractivity contribution is 0.152. The van der Waals surface area contributed by atoms with Gasteiger partial charge in [0, 0.05) is 23.5 Å². The minimum atomic E-state index is -2.49. The third kappa shape index (κ3) is 4.09. The average molecular weight is 282 g/mol. The van der Waals surface area contributed by atoms with Crippen molar-refractivity contribution in [1.82, 2.24) is 0 Å². The molecule has 0 heterocycles. The normalized spacial score (nSPS) is 23.0. The van der Waals surface area contributed by atoms with Gasteiger partial charge in [-0.3, -0.25) is 0 Å². The summed E-state index contributed by atoms with van der Waals surface area (Å²) in [5.41, 5.74) is 6.46. The summed E-state index contributed by atoms with van der Waals surface area (Å²) in [7, 11) is 0. The van der Waals surface area contributed by atoms with Gasteiger partial charge in [0.15, 0.2) is 0 Å². The summed E-state index contributed by atoms with van der Waals surface area (Å²) in [6.45, 7) is 3.06. The molecule has 0 aromatic heterocycles. The Bertz CT molecular complexity index is 426. The Morgan fingerprint density at radius 1 is 1.25 bits per heavy atom. The summed E-state index contributed by atoms with van der Waals surface area (Å²) in [5, 5.41) is 3.14. The third-order valence-corrected chi connectivity index (χ3v) is 4.31. The molecule has 1 saturated carbocycles. The molecule has 0 unspecified atom stereocenters. The smallest absolute Gasteiger partial charge is 0.265 e. The first kappa shape index (κ1) is 15.1. The summed E-state index contributed by atoms with van der Waals surface area (Å²) in [6, 6.07) is 4.67. The lowest BCUT2D eigenvalue weighted by Gasteiger charge is -2.26. The maximum atomic E-state index is 12.9. The highest BCUT2D eigenvalue weighted by molar-refractivity contribution is 5.58. The number of nitrogens with one attached hydrogen (secondary N) is 1. The Morgan fingerprint density at radius 2 is 1.95 bits per heavy atom. The lowest BCUT2D eigenvalue weighted by atomic mass is 9.81. The Kier molecular flexibility index (Phi) is 5.21. The van der Waals surface area contributed by atoms with Crippen LogP contribution in [0.4, 0.5) is 20.2 Å². The molecule has 0 spiro atoms. The van der Waals surface area contributed by atoms with Gasteiger partial charge in [-0.2, -0.15) is 0 Å². The van der Waals surface area contributed by atoms with E-state index in [1.807, 2.05) is 0 Å². The van der Waals surface area contributed by atoms with Gasteiger partial charge in [-0.05, 0) is 36.5 Å². The van der Waals surface area contributed by atoms with E-state index in [4.69, 9.17) is 5.73 Å². The molecule has 1 fully saturated rings. The zero-order valence-electron chi connectivity index (χ0n) is 12.0. The lowest BCUT2D eigenvalue weighted by Crippen LogP contribution is -2.16. The first-order valence-corrected chi connectivity index (χ1v) is 7.47. The molecule has 0 amide bonds. The molecule has 0 bridgehead atoms. The largest absolute Gasteiger partial charge is 0.399 e. The van der Waals surface area contributed by atoms with Crippen LogP contribution in [0.5, 0.6) is 0 Å². The molecule has 0 radical (unpaired) electrons. The Labute approximate surface area is 119 Å². The highest BCUT2D eigenvalue weighted by atomic mass is 19.3. The van der Waals surface area contributed by atoms with Crippen molar-refractivity contribution in [2.24, 2.45) is 11.8 Å². The molecule has 4 heteroatoms. The fourth-order valence-electron chi connectivity index (χ4n) is 2.95. The molecule has 1 aromatic carbocycles. The van der Waals surface area contributed by atoms with E-state index < -0.39 is 6.43 Å². The van der Waals surface area contributed by atoms with Crippen LogP contribution in [0.1, 0.15) is 51.0 Å². The Hall–Kier alpha value is -1.32. The predicted octanol–water partition coefficient (Wildman–Crippen LogP) is 4.83. The summed E-state index contributed by atoms with van der Waals surface area (Å²) >= 11 is 0. The number of nitrogens with two attached hydrogens (primary N) is 1. The molecule has 2 nitrogen and oxygen atoms in total. The number of nitrogen functional groups attached to an aromatic ring is 1. The van der Waals surface area contributed by atoms with Gasteiger partial charge < -0.3 is 11.1 Å². The SMILES string of the molecule is CC1CCC(CCNc2ccc(N)cc2C(F)F)CC1. The van der Waals surface area contributed by atoms with Crippen LogP contribution >= 0.6 is 0 Å². The second-order valence-electron chi connectivity index (χ2n) is 5.99. The van der Waals surface area contributed by atoms with Crippen LogP contribution in [0.15, 0.2) is 18.2 Å². The predicted molar refractivity (Wildman–Crippen MR) is 80.0 cm³/mol. The molecule has 112 valence electrons. The van der Waals surface area contributed by atoms with Crippen LogP contribution in [-0.4, -0.2) is 6.54 Å². The average Bonchev–Trinajstić information content (AvgIpc) is 2.42. The van der Waals surface area contributed by atoms with Crippen LogP contribution in [0.3, 0.4) is 0 Å². The number of hydrogen-bond donors (Lipinski definition) is 2. The van der Waals surface area contributed by atoms with Crippen molar-refractivity contribution in [2.45, 2.75) is 45.5 Å². The highest BCUT2D eigenvalue weighted by Gasteiger charge is 2.18. The van der Waals surface area contributed by atoms with Crippen molar-refractivity contribution < 1.29 is 8.78 Å². The van der Waals surface area contributed by atoms with E-state index in [-0.39, 0.29) is 5.56 Å². The molecule has 0 aliphatic heterocycles. The van der Waals surface area contributed by atoms with Crippen molar-refractivity contribution in [2.75, 3.05) is 17.6 Å². The fraction of sp³-hybridized carbons (Fsp3) is 0.625. The number of halogens is 2. The molecule has 0 atom stereocenters. The summed E-state index contributed by atoms with van der Waals surface area (Å²) in [6.07, 6.45) is 3.71. The van der Waals surface area contributed by atoms with Crippen LogP contribution in [0.2, 0.25) is 0 Å². The number of alkyl halides is 2. The van der Waals surface area contributed by atoms with Crippen molar-refractivity contribution in [3.05, 3.63) is 23.8 Å². The molecule has 1 aliphatic rings. The number of benzene rings is 1. The molecule has 2 rings (SSSR count). The maximum Gasteiger partial charge on any atom is 0.265 e. The summed E-state index contributed by atoms with van der Waals surface area (Å²) in [5.74, 6) is 1.59. The number of rotatable bonds is 5. The van der Waals surface area contributed by atoms with E-state index in [1.54, 1.807) is 12.1 Å². The minimum Gasteiger partial charge on any atom is -0.399 e. The van der Waals surface area contributed by atoms with Gasteiger partial charge in [0.25, 0.3) is 6.43 Å². The van der Waals surface area contributed by atoms with Crippen molar-refractivity contribution in [1.29, 1.82) is 0 Å². The monoisotopic (exact) mass is 282 g/mol. The van der Waals surface area contributed by atoms with Gasteiger partial charge >= 0.3 is 0 Å². The Balaban J connectivity index is 1.85. The van der Waals surface area contributed by atoms with Crippen molar-refractivity contribution in [3.8, 4) is 0 Å². The third-order valence-electron chi connectivity index (χ3n) is 4.31. The zero-order valence-corrected chi connectivity index (χ0v) is 12.0. The van der Waals surface area contributed by atoms with Crippen LogP contribution < -0.4 is 11.1 Å². The van der Waals surface area contributed by atoms with E-state index in [9.17, 15) is 8.78 Å². The van der Waals surface area contributed by atoms with Gasteiger partial charge in [-0.1, -0.05) is 32.6 Å². The quantitative estimate of drug-likeness (QED) is 0.759. The van der Waals surface area contributed by atoms with Crippen LogP contribution in [-0.2, 0) is 0 Å². The van der Waals surface area contributed by atoms with E-state index >= 15 is 0 Å². The van der Waals surface area contributed by atoms with E-state index in [0.29, 0.717) is 11.4 Å². The van der Waals surface area contributed by atoms with Gasteiger partial charge in [-0.25, -0.2) is 8.78 Å². The number of hydrogen-bond acceptors (Lipinski definition) is 2. The highest BCUT2D eigenvalue weighted by Crippen LogP contribution is 2.31.